The Morgan fingerprint density at radius 3 is 2.43 bits per heavy atom. The third kappa shape index (κ3) is 3.02. The summed E-state index contributed by atoms with van der Waals surface area (Å²) in [6.45, 7) is 4.63. The molecule has 1 aliphatic rings. The number of carbonyl (C=O) groups excluding carboxylic acids is 1. The number of ether oxygens (including phenoxy) is 1. The molecule has 2 aromatic carbocycles. The number of rotatable bonds is 4. The zero-order valence-electron chi connectivity index (χ0n) is 13.5. The average Bonchev–Trinajstić information content (AvgIpc) is 2.56. The van der Waals surface area contributed by atoms with Crippen molar-refractivity contribution in [3.8, 4) is 11.5 Å². The van der Waals surface area contributed by atoms with Gasteiger partial charge in [-0.1, -0.05) is 31.2 Å². The van der Waals surface area contributed by atoms with Crippen LogP contribution in [0.25, 0.3) is 0 Å². The molecule has 1 unspecified atom stereocenters. The SMILES string of the molecule is CCc1ccc(CC2Oc3cc(O)ccc3N(CC)C2=O)cc1. The highest BCUT2D eigenvalue weighted by molar-refractivity contribution is 6.00. The molecule has 120 valence electrons. The monoisotopic (exact) mass is 311 g/mol. The van der Waals surface area contributed by atoms with Crippen LogP contribution in [0.3, 0.4) is 0 Å². The van der Waals surface area contributed by atoms with Gasteiger partial charge < -0.3 is 14.7 Å². The van der Waals surface area contributed by atoms with Crippen molar-refractivity contribution in [3.05, 3.63) is 53.6 Å². The normalized spacial score (nSPS) is 16.9. The first kappa shape index (κ1) is 15.4. The van der Waals surface area contributed by atoms with E-state index in [1.54, 1.807) is 23.1 Å². The molecule has 0 saturated carbocycles. The molecule has 4 nitrogen and oxygen atoms in total. The van der Waals surface area contributed by atoms with Crippen LogP contribution in [0.5, 0.6) is 11.5 Å². The molecule has 0 aliphatic carbocycles. The first-order valence-corrected chi connectivity index (χ1v) is 8.01. The molecular weight excluding hydrogens is 290 g/mol. The van der Waals surface area contributed by atoms with Crippen LogP contribution >= 0.6 is 0 Å². The first-order valence-electron chi connectivity index (χ1n) is 8.01. The maximum absolute atomic E-state index is 12.7. The van der Waals surface area contributed by atoms with Gasteiger partial charge in [0, 0.05) is 19.0 Å². The second-order valence-electron chi connectivity index (χ2n) is 5.72. The molecule has 0 saturated heterocycles. The fraction of sp³-hybridized carbons (Fsp3) is 0.316. The lowest BCUT2D eigenvalue weighted by molar-refractivity contribution is -0.126. The van der Waals surface area contributed by atoms with Gasteiger partial charge >= 0.3 is 0 Å². The van der Waals surface area contributed by atoms with Crippen molar-refractivity contribution in [2.45, 2.75) is 32.8 Å². The third-order valence-electron chi connectivity index (χ3n) is 4.21. The predicted octanol–water partition coefficient (Wildman–Crippen LogP) is 3.31. The van der Waals surface area contributed by atoms with Crippen LogP contribution < -0.4 is 9.64 Å². The van der Waals surface area contributed by atoms with Crippen LogP contribution in [0.15, 0.2) is 42.5 Å². The van der Waals surface area contributed by atoms with Gasteiger partial charge in [-0.3, -0.25) is 4.79 Å². The molecule has 0 aromatic heterocycles. The molecule has 3 rings (SSSR count). The largest absolute Gasteiger partial charge is 0.508 e. The predicted molar refractivity (Wildman–Crippen MR) is 90.1 cm³/mol. The fourth-order valence-electron chi connectivity index (χ4n) is 2.90. The maximum Gasteiger partial charge on any atom is 0.268 e. The second kappa shape index (κ2) is 6.32. The summed E-state index contributed by atoms with van der Waals surface area (Å²) in [7, 11) is 0. The van der Waals surface area contributed by atoms with Crippen LogP contribution in [0.4, 0.5) is 5.69 Å². The Bertz CT molecular complexity index is 709. The summed E-state index contributed by atoms with van der Waals surface area (Å²) in [5.41, 5.74) is 3.06. The van der Waals surface area contributed by atoms with E-state index in [1.807, 2.05) is 19.1 Å². The van der Waals surface area contributed by atoms with Gasteiger partial charge in [-0.2, -0.15) is 0 Å². The Morgan fingerprint density at radius 1 is 1.09 bits per heavy atom. The van der Waals surface area contributed by atoms with Gasteiger partial charge in [-0.15, -0.1) is 0 Å². The van der Waals surface area contributed by atoms with E-state index in [1.165, 1.54) is 5.56 Å². The molecule has 0 spiro atoms. The molecule has 23 heavy (non-hydrogen) atoms. The molecule has 0 radical (unpaired) electrons. The van der Waals surface area contributed by atoms with E-state index in [2.05, 4.69) is 19.1 Å². The number of aromatic hydroxyl groups is 1. The number of phenols is 1. The number of likely N-dealkylation sites (N-methyl/N-ethyl adjacent to an activating group) is 1. The maximum atomic E-state index is 12.7. The van der Waals surface area contributed by atoms with Gasteiger partial charge in [0.25, 0.3) is 5.91 Å². The average molecular weight is 311 g/mol. The quantitative estimate of drug-likeness (QED) is 0.942. The first-order chi connectivity index (χ1) is 11.1. The minimum absolute atomic E-state index is 0.0368. The van der Waals surface area contributed by atoms with Gasteiger partial charge in [-0.05, 0) is 36.6 Å². The number of anilines is 1. The molecule has 0 fully saturated rings. The second-order valence-corrected chi connectivity index (χ2v) is 5.72. The van der Waals surface area contributed by atoms with E-state index in [4.69, 9.17) is 4.74 Å². The number of carbonyl (C=O) groups is 1. The lowest BCUT2D eigenvalue weighted by Gasteiger charge is -2.33. The smallest absolute Gasteiger partial charge is 0.268 e. The molecule has 4 heteroatoms. The fourth-order valence-corrected chi connectivity index (χ4v) is 2.90. The minimum atomic E-state index is -0.559. The number of fused-ring (bicyclic) bond motifs is 1. The lowest BCUT2D eigenvalue weighted by atomic mass is 10.0. The Balaban J connectivity index is 1.86. The number of amides is 1. The van der Waals surface area contributed by atoms with Crippen molar-refractivity contribution in [1.82, 2.24) is 0 Å². The van der Waals surface area contributed by atoms with E-state index < -0.39 is 6.10 Å². The zero-order chi connectivity index (χ0) is 16.4. The van der Waals surface area contributed by atoms with E-state index in [-0.39, 0.29) is 11.7 Å². The number of benzene rings is 2. The standard InChI is InChI=1S/C19H21NO3/c1-3-13-5-7-14(8-6-13)11-18-19(22)20(4-2)16-10-9-15(21)12-17(16)23-18/h5-10,12,18,21H,3-4,11H2,1-2H3. The number of nitrogens with zero attached hydrogens (tertiary/aromatic N) is 1. The van der Waals surface area contributed by atoms with Gasteiger partial charge in [0.2, 0.25) is 0 Å². The van der Waals surface area contributed by atoms with E-state index in [9.17, 15) is 9.90 Å². The molecule has 1 aliphatic heterocycles. The molecule has 0 bridgehead atoms. The van der Waals surface area contributed by atoms with E-state index in [0.29, 0.717) is 24.4 Å². The minimum Gasteiger partial charge on any atom is -0.508 e. The summed E-state index contributed by atoms with van der Waals surface area (Å²) in [4.78, 5) is 14.4. The van der Waals surface area contributed by atoms with Crippen LogP contribution in [0.2, 0.25) is 0 Å². The highest BCUT2D eigenvalue weighted by Crippen LogP contribution is 2.37. The van der Waals surface area contributed by atoms with Crippen molar-refractivity contribution in [3.63, 3.8) is 0 Å². The topological polar surface area (TPSA) is 49.8 Å². The van der Waals surface area contributed by atoms with Gasteiger partial charge in [-0.25, -0.2) is 0 Å². The van der Waals surface area contributed by atoms with Crippen molar-refractivity contribution in [2.75, 3.05) is 11.4 Å². The van der Waals surface area contributed by atoms with E-state index in [0.717, 1.165) is 12.0 Å². The highest BCUT2D eigenvalue weighted by Gasteiger charge is 2.33. The Kier molecular flexibility index (Phi) is 4.24. The van der Waals surface area contributed by atoms with Crippen molar-refractivity contribution in [1.29, 1.82) is 0 Å². The summed E-state index contributed by atoms with van der Waals surface area (Å²) in [6.07, 6.45) is 0.959. The Hall–Kier alpha value is -2.49. The molecule has 1 amide bonds. The van der Waals surface area contributed by atoms with Crippen molar-refractivity contribution < 1.29 is 14.6 Å². The molecular formula is C19H21NO3. The summed E-state index contributed by atoms with van der Waals surface area (Å²) in [6, 6.07) is 13.1. The number of aryl methyl sites for hydroxylation is 1. The van der Waals surface area contributed by atoms with Crippen molar-refractivity contribution >= 4 is 11.6 Å². The van der Waals surface area contributed by atoms with Crippen molar-refractivity contribution in [2.24, 2.45) is 0 Å². The Labute approximate surface area is 136 Å². The molecule has 1 N–H and O–H groups in total. The number of hydrogen-bond acceptors (Lipinski definition) is 3. The highest BCUT2D eigenvalue weighted by atomic mass is 16.5. The summed E-state index contributed by atoms with van der Waals surface area (Å²) in [5, 5.41) is 9.66. The van der Waals surface area contributed by atoms with Crippen LogP contribution in [-0.4, -0.2) is 23.7 Å². The van der Waals surface area contributed by atoms with Crippen LogP contribution in [0, 0.1) is 0 Å². The lowest BCUT2D eigenvalue weighted by Crippen LogP contribution is -2.46. The van der Waals surface area contributed by atoms with Gasteiger partial charge in [0.1, 0.15) is 11.5 Å². The molecule has 1 atom stereocenters. The summed E-state index contributed by atoms with van der Waals surface area (Å²) < 4.78 is 5.87. The zero-order valence-corrected chi connectivity index (χ0v) is 13.5. The summed E-state index contributed by atoms with van der Waals surface area (Å²) >= 11 is 0. The summed E-state index contributed by atoms with van der Waals surface area (Å²) in [5.74, 6) is 0.659. The number of phenolic OH excluding ortho intramolecular Hbond substituents is 1. The van der Waals surface area contributed by atoms with Crippen LogP contribution in [-0.2, 0) is 17.6 Å². The number of hydrogen-bond donors (Lipinski definition) is 1. The molecule has 1 heterocycles. The van der Waals surface area contributed by atoms with Gasteiger partial charge in [0.15, 0.2) is 6.10 Å². The Morgan fingerprint density at radius 2 is 1.78 bits per heavy atom. The van der Waals surface area contributed by atoms with Crippen LogP contribution in [0.1, 0.15) is 25.0 Å². The van der Waals surface area contributed by atoms with E-state index >= 15 is 0 Å². The molecule has 2 aromatic rings. The van der Waals surface area contributed by atoms with Gasteiger partial charge in [0.05, 0.1) is 5.69 Å². The third-order valence-corrected chi connectivity index (χ3v) is 4.21.